The van der Waals surface area contributed by atoms with Gasteiger partial charge in [-0.3, -0.25) is 10.9 Å². The van der Waals surface area contributed by atoms with Crippen LogP contribution in [0.4, 0.5) is 0 Å². The summed E-state index contributed by atoms with van der Waals surface area (Å²) in [5, 5.41) is 4.93. The van der Waals surface area contributed by atoms with Crippen molar-refractivity contribution in [3.63, 3.8) is 0 Å². The van der Waals surface area contributed by atoms with Crippen molar-refractivity contribution in [1.29, 1.82) is 0 Å². The maximum absolute atomic E-state index is 5.58. The quantitative estimate of drug-likeness (QED) is 0.673. The molecule has 0 radical (unpaired) electrons. The number of nitrogens with one attached hydrogen (secondary N) is 2. The van der Waals surface area contributed by atoms with Crippen molar-refractivity contribution >= 4 is 0 Å². The topological polar surface area (TPSA) is 63.6 Å². The molecule has 0 amide bonds. The number of para-hydroxylation sites is 1. The molecular formula is C22H25N5O2. The van der Waals surface area contributed by atoms with Gasteiger partial charge in [-0.25, -0.2) is 4.68 Å². The number of rotatable bonds is 6. The van der Waals surface area contributed by atoms with E-state index in [-0.39, 0.29) is 6.79 Å². The zero-order valence-electron chi connectivity index (χ0n) is 16.5. The van der Waals surface area contributed by atoms with Gasteiger partial charge in [0.05, 0.1) is 11.4 Å². The first-order valence-corrected chi connectivity index (χ1v) is 9.97. The third-order valence-corrected chi connectivity index (χ3v) is 5.35. The first kappa shape index (κ1) is 18.2. The fraction of sp³-hybridized carbons (Fsp3) is 0.318. The maximum Gasteiger partial charge on any atom is 0.231 e. The van der Waals surface area contributed by atoms with Crippen molar-refractivity contribution in [3.05, 3.63) is 60.3 Å². The van der Waals surface area contributed by atoms with Crippen LogP contribution in [0.3, 0.4) is 0 Å². The van der Waals surface area contributed by atoms with Crippen LogP contribution in [0, 0.1) is 0 Å². The normalized spacial score (nSPS) is 17.9. The number of likely N-dealkylation sites (N-methyl/N-ethyl adjacent to an activating group) is 1. The molecule has 7 heteroatoms. The highest BCUT2D eigenvalue weighted by atomic mass is 16.7. The monoisotopic (exact) mass is 391 g/mol. The average molecular weight is 391 g/mol. The molecule has 2 N–H and O–H groups in total. The number of benzene rings is 2. The lowest BCUT2D eigenvalue weighted by Crippen LogP contribution is -2.38. The van der Waals surface area contributed by atoms with Crippen molar-refractivity contribution < 1.29 is 9.47 Å². The predicted molar refractivity (Wildman–Crippen MR) is 111 cm³/mol. The van der Waals surface area contributed by atoms with E-state index in [4.69, 9.17) is 14.6 Å². The van der Waals surface area contributed by atoms with Crippen LogP contribution in [0.5, 0.6) is 11.5 Å². The summed E-state index contributed by atoms with van der Waals surface area (Å²) in [6.45, 7) is 3.08. The van der Waals surface area contributed by atoms with Crippen LogP contribution in [0.2, 0.25) is 0 Å². The van der Waals surface area contributed by atoms with Crippen LogP contribution in [-0.4, -0.2) is 47.7 Å². The SMILES string of the molecule is CN(Cc1cn(-c2ccccc2)nc1-c1ccc2c(c1)OCO2)CC1CCNN1. The van der Waals surface area contributed by atoms with Crippen LogP contribution in [0.15, 0.2) is 54.7 Å². The van der Waals surface area contributed by atoms with E-state index in [0.717, 1.165) is 54.5 Å². The van der Waals surface area contributed by atoms with Crippen LogP contribution in [-0.2, 0) is 6.54 Å². The summed E-state index contributed by atoms with van der Waals surface area (Å²) in [7, 11) is 2.16. The van der Waals surface area contributed by atoms with Gasteiger partial charge in [0, 0.05) is 43.0 Å². The van der Waals surface area contributed by atoms with E-state index in [2.05, 4.69) is 47.2 Å². The van der Waals surface area contributed by atoms with Gasteiger partial charge < -0.3 is 14.4 Å². The summed E-state index contributed by atoms with van der Waals surface area (Å²) in [4.78, 5) is 2.34. The second kappa shape index (κ2) is 7.87. The highest BCUT2D eigenvalue weighted by molar-refractivity contribution is 5.67. The molecule has 1 aromatic heterocycles. The number of fused-ring (bicyclic) bond motifs is 1. The van der Waals surface area contributed by atoms with Crippen molar-refractivity contribution in [2.24, 2.45) is 0 Å². The molecule has 29 heavy (non-hydrogen) atoms. The third-order valence-electron chi connectivity index (χ3n) is 5.35. The number of nitrogens with zero attached hydrogens (tertiary/aromatic N) is 3. The average Bonchev–Trinajstić information content (AvgIpc) is 3.49. The molecule has 1 unspecified atom stereocenters. The van der Waals surface area contributed by atoms with Crippen LogP contribution in [0.1, 0.15) is 12.0 Å². The van der Waals surface area contributed by atoms with Gasteiger partial charge in [0.15, 0.2) is 11.5 Å². The van der Waals surface area contributed by atoms with Crippen molar-refractivity contribution in [2.45, 2.75) is 19.0 Å². The van der Waals surface area contributed by atoms with Gasteiger partial charge >= 0.3 is 0 Å². The molecule has 1 atom stereocenters. The van der Waals surface area contributed by atoms with E-state index in [9.17, 15) is 0 Å². The zero-order chi connectivity index (χ0) is 19.6. The number of aromatic nitrogens is 2. The molecule has 2 aromatic carbocycles. The Morgan fingerprint density at radius 1 is 1.14 bits per heavy atom. The van der Waals surface area contributed by atoms with E-state index in [1.807, 2.05) is 35.0 Å². The lowest BCUT2D eigenvalue weighted by Gasteiger charge is -2.20. The fourth-order valence-electron chi connectivity index (χ4n) is 3.93. The molecule has 3 aromatic rings. The van der Waals surface area contributed by atoms with Gasteiger partial charge in [0.2, 0.25) is 6.79 Å². The molecular weight excluding hydrogens is 366 g/mol. The van der Waals surface area contributed by atoms with Crippen LogP contribution >= 0.6 is 0 Å². The Balaban J connectivity index is 1.47. The van der Waals surface area contributed by atoms with Crippen molar-refractivity contribution in [3.8, 4) is 28.4 Å². The highest BCUT2D eigenvalue weighted by Gasteiger charge is 2.20. The van der Waals surface area contributed by atoms with Crippen LogP contribution < -0.4 is 20.3 Å². The molecule has 1 fully saturated rings. The number of hydrogen-bond donors (Lipinski definition) is 2. The molecule has 2 aliphatic heterocycles. The Morgan fingerprint density at radius 2 is 2.00 bits per heavy atom. The Bertz CT molecular complexity index is 982. The van der Waals surface area contributed by atoms with Crippen LogP contribution in [0.25, 0.3) is 16.9 Å². The Kier molecular flexibility index (Phi) is 4.93. The molecule has 2 aliphatic rings. The van der Waals surface area contributed by atoms with Crippen molar-refractivity contribution in [1.82, 2.24) is 25.5 Å². The predicted octanol–water partition coefficient (Wildman–Crippen LogP) is 2.57. The van der Waals surface area contributed by atoms with Gasteiger partial charge in [0.25, 0.3) is 0 Å². The molecule has 0 aliphatic carbocycles. The molecule has 7 nitrogen and oxygen atoms in total. The van der Waals surface area contributed by atoms with E-state index in [1.165, 1.54) is 5.56 Å². The lowest BCUT2D eigenvalue weighted by atomic mass is 10.1. The smallest absolute Gasteiger partial charge is 0.231 e. The molecule has 0 spiro atoms. The number of ether oxygens (including phenoxy) is 2. The number of hydrazine groups is 1. The van der Waals surface area contributed by atoms with E-state index in [0.29, 0.717) is 6.04 Å². The first-order chi connectivity index (χ1) is 14.3. The number of hydrogen-bond acceptors (Lipinski definition) is 6. The molecule has 5 rings (SSSR count). The van der Waals surface area contributed by atoms with Gasteiger partial charge in [-0.05, 0) is 43.8 Å². The molecule has 1 saturated heterocycles. The summed E-state index contributed by atoms with van der Waals surface area (Å²) in [6.07, 6.45) is 3.27. The summed E-state index contributed by atoms with van der Waals surface area (Å²) in [5.41, 5.74) is 10.8. The van der Waals surface area contributed by atoms with E-state index >= 15 is 0 Å². The van der Waals surface area contributed by atoms with E-state index < -0.39 is 0 Å². The fourth-order valence-corrected chi connectivity index (χ4v) is 3.93. The molecule has 150 valence electrons. The summed E-state index contributed by atoms with van der Waals surface area (Å²) in [6, 6.07) is 16.7. The lowest BCUT2D eigenvalue weighted by molar-refractivity contribution is 0.174. The molecule has 0 saturated carbocycles. The molecule has 0 bridgehead atoms. The minimum absolute atomic E-state index is 0.273. The maximum atomic E-state index is 5.58. The second-order valence-corrected chi connectivity index (χ2v) is 7.60. The Labute approximate surface area is 170 Å². The minimum atomic E-state index is 0.273. The summed E-state index contributed by atoms with van der Waals surface area (Å²) >= 11 is 0. The zero-order valence-corrected chi connectivity index (χ0v) is 16.5. The van der Waals surface area contributed by atoms with Gasteiger partial charge in [-0.15, -0.1) is 0 Å². The second-order valence-electron chi connectivity index (χ2n) is 7.60. The third kappa shape index (κ3) is 3.85. The Morgan fingerprint density at radius 3 is 2.83 bits per heavy atom. The molecule has 3 heterocycles. The Hall–Kier alpha value is -2.87. The van der Waals surface area contributed by atoms with Gasteiger partial charge in [-0.2, -0.15) is 5.10 Å². The first-order valence-electron chi connectivity index (χ1n) is 9.97. The van der Waals surface area contributed by atoms with Crippen molar-refractivity contribution in [2.75, 3.05) is 26.9 Å². The summed E-state index contributed by atoms with van der Waals surface area (Å²) in [5.74, 6) is 1.56. The highest BCUT2D eigenvalue weighted by Crippen LogP contribution is 2.36. The largest absolute Gasteiger partial charge is 0.454 e. The standard InChI is InChI=1S/C22H25N5O2/c1-26(14-18-9-10-23-24-18)12-17-13-27(19-5-3-2-4-6-19)25-22(17)16-7-8-20-21(11-16)29-15-28-20/h2-8,11,13,18,23-24H,9-10,12,14-15H2,1H3. The van der Waals surface area contributed by atoms with E-state index in [1.54, 1.807) is 0 Å². The summed E-state index contributed by atoms with van der Waals surface area (Å²) < 4.78 is 13.0. The van der Waals surface area contributed by atoms with Gasteiger partial charge in [-0.1, -0.05) is 18.2 Å². The minimum Gasteiger partial charge on any atom is -0.454 e. The van der Waals surface area contributed by atoms with Gasteiger partial charge in [0.1, 0.15) is 0 Å².